The van der Waals surface area contributed by atoms with Crippen molar-refractivity contribution in [2.24, 2.45) is 0 Å². The number of hydrogen-bond donors (Lipinski definition) is 1. The molecule has 0 radical (unpaired) electrons. The van der Waals surface area contributed by atoms with Crippen molar-refractivity contribution in [2.75, 3.05) is 14.2 Å². The van der Waals surface area contributed by atoms with Crippen LogP contribution in [0.4, 0.5) is 0 Å². The summed E-state index contributed by atoms with van der Waals surface area (Å²) in [6, 6.07) is 18.6. The van der Waals surface area contributed by atoms with Gasteiger partial charge < -0.3 is 14.3 Å². The number of para-hydroxylation sites is 2. The summed E-state index contributed by atoms with van der Waals surface area (Å²) in [5, 5.41) is 10.6. The molecule has 0 aliphatic carbocycles. The molecule has 0 unspecified atom stereocenters. The van der Waals surface area contributed by atoms with E-state index in [0.29, 0.717) is 0 Å². The molecule has 0 saturated heterocycles. The predicted octanol–water partition coefficient (Wildman–Crippen LogP) is 2.64. The van der Waals surface area contributed by atoms with Crippen molar-refractivity contribution in [1.29, 1.82) is 0 Å². The highest BCUT2D eigenvalue weighted by molar-refractivity contribution is 6.34. The number of aromatic nitrogens is 1. The van der Waals surface area contributed by atoms with Crippen LogP contribution >= 0.6 is 0 Å². The standard InChI is InChI=1S/C13H9N.C2H7BO3/c1-3-7-12-10(5-1)9-11-6-2-4-8-13(11)14-12;1-5-3(4)6-2/h1-9H;4H,1-2H3. The summed E-state index contributed by atoms with van der Waals surface area (Å²) in [6.07, 6.45) is 0. The van der Waals surface area contributed by atoms with Gasteiger partial charge in [0.2, 0.25) is 0 Å². The van der Waals surface area contributed by atoms with Crippen LogP contribution in [0.15, 0.2) is 54.6 Å². The highest BCUT2D eigenvalue weighted by Gasteiger charge is 2.06. The molecule has 3 aromatic rings. The Morgan fingerprint density at radius 1 is 0.850 bits per heavy atom. The summed E-state index contributed by atoms with van der Waals surface area (Å²) in [7, 11) is 1.65. The zero-order valence-electron chi connectivity index (χ0n) is 11.5. The van der Waals surface area contributed by atoms with Gasteiger partial charge in [-0.2, -0.15) is 0 Å². The normalized spacial score (nSPS) is 10.2. The van der Waals surface area contributed by atoms with Crippen LogP contribution in [0.3, 0.4) is 0 Å². The topological polar surface area (TPSA) is 51.6 Å². The molecule has 0 saturated carbocycles. The maximum Gasteiger partial charge on any atom is 0.636 e. The zero-order valence-corrected chi connectivity index (χ0v) is 11.5. The van der Waals surface area contributed by atoms with Crippen LogP contribution in [0.2, 0.25) is 0 Å². The molecule has 0 fully saturated rings. The summed E-state index contributed by atoms with van der Waals surface area (Å²) < 4.78 is 8.47. The average Bonchev–Trinajstić information content (AvgIpc) is 2.52. The quantitative estimate of drug-likeness (QED) is 0.574. The molecular weight excluding hydrogens is 253 g/mol. The average molecular weight is 269 g/mol. The third kappa shape index (κ3) is 3.54. The molecule has 102 valence electrons. The molecule has 1 heterocycles. The molecule has 20 heavy (non-hydrogen) atoms. The van der Waals surface area contributed by atoms with Gasteiger partial charge >= 0.3 is 7.32 Å². The summed E-state index contributed by atoms with van der Waals surface area (Å²) in [5.41, 5.74) is 2.12. The van der Waals surface area contributed by atoms with E-state index in [1.54, 1.807) is 0 Å². The lowest BCUT2D eigenvalue weighted by molar-refractivity contribution is 0.193. The minimum atomic E-state index is -1.06. The van der Waals surface area contributed by atoms with Gasteiger partial charge in [-0.25, -0.2) is 4.98 Å². The van der Waals surface area contributed by atoms with Crippen LogP contribution < -0.4 is 0 Å². The molecule has 1 N–H and O–H groups in total. The van der Waals surface area contributed by atoms with E-state index in [2.05, 4.69) is 32.5 Å². The molecule has 1 aromatic heterocycles. The van der Waals surface area contributed by atoms with Crippen molar-refractivity contribution in [3.8, 4) is 0 Å². The van der Waals surface area contributed by atoms with E-state index in [9.17, 15) is 0 Å². The van der Waals surface area contributed by atoms with Crippen molar-refractivity contribution in [3.05, 3.63) is 54.6 Å². The van der Waals surface area contributed by atoms with Gasteiger partial charge in [0.15, 0.2) is 0 Å². The number of benzene rings is 2. The van der Waals surface area contributed by atoms with E-state index < -0.39 is 7.32 Å². The molecule has 4 nitrogen and oxygen atoms in total. The van der Waals surface area contributed by atoms with Crippen LogP contribution in [-0.2, 0) is 9.31 Å². The van der Waals surface area contributed by atoms with E-state index in [1.165, 1.54) is 25.0 Å². The highest BCUT2D eigenvalue weighted by Crippen LogP contribution is 2.18. The fourth-order valence-corrected chi connectivity index (χ4v) is 1.82. The van der Waals surface area contributed by atoms with Gasteiger partial charge in [-0.3, -0.25) is 0 Å². The number of rotatable bonds is 2. The smallest absolute Gasteiger partial charge is 0.402 e. The van der Waals surface area contributed by atoms with E-state index in [0.717, 1.165) is 11.0 Å². The van der Waals surface area contributed by atoms with E-state index in [4.69, 9.17) is 5.02 Å². The van der Waals surface area contributed by atoms with Crippen LogP contribution in [-0.4, -0.2) is 31.5 Å². The first-order chi connectivity index (χ1) is 9.74. The molecule has 2 aromatic carbocycles. The second-order valence-electron chi connectivity index (χ2n) is 4.15. The fraction of sp³-hybridized carbons (Fsp3) is 0.133. The van der Waals surface area contributed by atoms with Crippen LogP contribution in [0.5, 0.6) is 0 Å². The third-order valence-corrected chi connectivity index (χ3v) is 2.83. The highest BCUT2D eigenvalue weighted by atomic mass is 16.7. The molecule has 0 bridgehead atoms. The summed E-state index contributed by atoms with van der Waals surface area (Å²) in [6.45, 7) is 0. The Morgan fingerprint density at radius 3 is 1.70 bits per heavy atom. The minimum absolute atomic E-state index is 1.06. The first kappa shape index (κ1) is 14.5. The van der Waals surface area contributed by atoms with Crippen LogP contribution in [0, 0.1) is 0 Å². The number of pyridine rings is 1. The molecule has 5 heteroatoms. The van der Waals surface area contributed by atoms with E-state index >= 15 is 0 Å². The zero-order chi connectivity index (χ0) is 14.4. The number of nitrogens with zero attached hydrogens (tertiary/aromatic N) is 1. The largest absolute Gasteiger partial charge is 0.636 e. The van der Waals surface area contributed by atoms with Crippen LogP contribution in [0.25, 0.3) is 21.8 Å². The number of hydrogen-bond acceptors (Lipinski definition) is 4. The lowest BCUT2D eigenvalue weighted by Crippen LogP contribution is -2.17. The van der Waals surface area contributed by atoms with Gasteiger partial charge in [0, 0.05) is 25.0 Å². The predicted molar refractivity (Wildman–Crippen MR) is 81.2 cm³/mol. The van der Waals surface area contributed by atoms with Crippen molar-refractivity contribution in [3.63, 3.8) is 0 Å². The lowest BCUT2D eigenvalue weighted by atomic mass is 10.1. The molecule has 0 spiro atoms. The summed E-state index contributed by atoms with van der Waals surface area (Å²) >= 11 is 0. The maximum atomic E-state index is 8.22. The maximum absolute atomic E-state index is 8.22. The van der Waals surface area contributed by atoms with Crippen molar-refractivity contribution >= 4 is 29.1 Å². The Morgan fingerprint density at radius 2 is 1.30 bits per heavy atom. The molecule has 0 aliphatic rings. The first-order valence-electron chi connectivity index (χ1n) is 6.23. The Hall–Kier alpha value is -1.95. The third-order valence-electron chi connectivity index (χ3n) is 2.83. The molecule has 0 aliphatic heterocycles. The monoisotopic (exact) mass is 269 g/mol. The van der Waals surface area contributed by atoms with Crippen molar-refractivity contribution in [1.82, 2.24) is 4.98 Å². The second kappa shape index (κ2) is 7.00. The Bertz CT molecular complexity index is 581. The van der Waals surface area contributed by atoms with Gasteiger partial charge in [0.25, 0.3) is 0 Å². The van der Waals surface area contributed by atoms with Gasteiger partial charge in [-0.05, 0) is 18.2 Å². The fourth-order valence-electron chi connectivity index (χ4n) is 1.82. The van der Waals surface area contributed by atoms with E-state index in [1.807, 2.05) is 36.4 Å². The Labute approximate surface area is 118 Å². The van der Waals surface area contributed by atoms with Gasteiger partial charge in [0.05, 0.1) is 11.0 Å². The van der Waals surface area contributed by atoms with Gasteiger partial charge in [0.1, 0.15) is 0 Å². The molecule has 0 amide bonds. The minimum Gasteiger partial charge on any atom is -0.402 e. The molecule has 3 rings (SSSR count). The van der Waals surface area contributed by atoms with Crippen molar-refractivity contribution < 1.29 is 14.3 Å². The van der Waals surface area contributed by atoms with Gasteiger partial charge in [-0.15, -0.1) is 0 Å². The van der Waals surface area contributed by atoms with Crippen LogP contribution in [0.1, 0.15) is 0 Å². The second-order valence-corrected chi connectivity index (χ2v) is 4.15. The first-order valence-corrected chi connectivity index (χ1v) is 6.23. The summed E-state index contributed by atoms with van der Waals surface area (Å²) in [4.78, 5) is 4.58. The molecule has 0 atom stereocenters. The van der Waals surface area contributed by atoms with Crippen molar-refractivity contribution in [2.45, 2.75) is 0 Å². The lowest BCUT2D eigenvalue weighted by Gasteiger charge is -1.99. The SMILES string of the molecule is COB(O)OC.c1ccc2nc3ccccc3cc2c1. The van der Waals surface area contributed by atoms with E-state index in [-0.39, 0.29) is 0 Å². The number of fused-ring (bicyclic) bond motifs is 2. The molecular formula is C15H16BNO3. The Kier molecular flexibility index (Phi) is 5.06. The summed E-state index contributed by atoms with van der Waals surface area (Å²) in [5.74, 6) is 0. The Balaban J connectivity index is 0.000000212. The van der Waals surface area contributed by atoms with Gasteiger partial charge in [-0.1, -0.05) is 36.4 Å².